The van der Waals surface area contributed by atoms with Gasteiger partial charge in [-0.2, -0.15) is 0 Å². The molecule has 2 N–H and O–H groups in total. The van der Waals surface area contributed by atoms with Crippen molar-refractivity contribution in [2.24, 2.45) is 0 Å². The van der Waals surface area contributed by atoms with Gasteiger partial charge in [0.15, 0.2) is 0 Å². The molecule has 0 unspecified atom stereocenters. The van der Waals surface area contributed by atoms with Gasteiger partial charge < -0.3 is 10.3 Å². The zero-order valence-electron chi connectivity index (χ0n) is 15.1. The summed E-state index contributed by atoms with van der Waals surface area (Å²) >= 11 is 0. The predicted molar refractivity (Wildman–Crippen MR) is 108 cm³/mol. The van der Waals surface area contributed by atoms with Gasteiger partial charge in [0, 0.05) is 28.0 Å². The number of aromatic nitrogens is 2. The topological polar surface area (TPSA) is 57.8 Å². The van der Waals surface area contributed by atoms with Gasteiger partial charge in [0.1, 0.15) is 5.65 Å². The SMILES string of the molecule is CC(C)(C)c1ccc(Nc2ccnc3[nH]c(=O)c4ccccc4c23)cc1. The number of hydrogen-bond donors (Lipinski definition) is 2. The summed E-state index contributed by atoms with van der Waals surface area (Å²) in [5.74, 6) is 0. The standard InChI is InChI=1S/C22H21N3O/c1-22(2,3)14-8-10-15(11-9-14)24-18-12-13-23-20-19(18)16-6-4-5-7-17(16)21(26)25-20/h4-13H,1-3H3,(H2,23,24,25,26). The van der Waals surface area contributed by atoms with Crippen LogP contribution < -0.4 is 10.9 Å². The van der Waals surface area contributed by atoms with Crippen LogP contribution in [0, 0.1) is 0 Å². The molecular formula is C22H21N3O. The predicted octanol–water partition coefficient (Wildman–Crippen LogP) is 5.12. The lowest BCUT2D eigenvalue weighted by Crippen LogP contribution is -2.10. The van der Waals surface area contributed by atoms with Crippen LogP contribution >= 0.6 is 0 Å². The van der Waals surface area contributed by atoms with Crippen molar-refractivity contribution in [1.82, 2.24) is 9.97 Å². The molecule has 0 bridgehead atoms. The van der Waals surface area contributed by atoms with Crippen LogP contribution in [0.25, 0.3) is 21.8 Å². The molecule has 2 aromatic carbocycles. The fourth-order valence-corrected chi connectivity index (χ4v) is 3.22. The van der Waals surface area contributed by atoms with Crippen molar-refractivity contribution in [3.05, 3.63) is 76.7 Å². The van der Waals surface area contributed by atoms with E-state index in [2.05, 4.69) is 60.3 Å². The van der Waals surface area contributed by atoms with Crippen LogP contribution in [0.2, 0.25) is 0 Å². The highest BCUT2D eigenvalue weighted by atomic mass is 16.1. The summed E-state index contributed by atoms with van der Waals surface area (Å²) in [6.07, 6.45) is 1.71. The quantitative estimate of drug-likeness (QED) is 0.497. The first-order chi connectivity index (χ1) is 12.4. The Hall–Kier alpha value is -3.14. The zero-order chi connectivity index (χ0) is 18.3. The summed E-state index contributed by atoms with van der Waals surface area (Å²) in [6.45, 7) is 6.61. The molecule has 0 fully saturated rings. The Bertz CT molecular complexity index is 1150. The molecule has 0 radical (unpaired) electrons. The molecule has 0 spiro atoms. The Morgan fingerprint density at radius 2 is 1.62 bits per heavy atom. The minimum absolute atomic E-state index is 0.118. The molecule has 2 aromatic heterocycles. The summed E-state index contributed by atoms with van der Waals surface area (Å²) in [4.78, 5) is 19.5. The van der Waals surface area contributed by atoms with Gasteiger partial charge in [-0.25, -0.2) is 4.98 Å². The highest BCUT2D eigenvalue weighted by Crippen LogP contribution is 2.30. The summed E-state index contributed by atoms with van der Waals surface area (Å²) in [5.41, 5.74) is 3.80. The second-order valence-corrected chi connectivity index (χ2v) is 7.53. The molecule has 0 amide bonds. The molecule has 130 valence electrons. The van der Waals surface area contributed by atoms with Crippen LogP contribution in [0.15, 0.2) is 65.6 Å². The third-order valence-corrected chi connectivity index (χ3v) is 4.65. The molecular weight excluding hydrogens is 322 g/mol. The average Bonchev–Trinajstić information content (AvgIpc) is 2.62. The molecule has 4 rings (SSSR count). The maximum absolute atomic E-state index is 12.3. The number of aromatic amines is 1. The van der Waals surface area contributed by atoms with Crippen LogP contribution in [0.3, 0.4) is 0 Å². The summed E-state index contributed by atoms with van der Waals surface area (Å²) in [7, 11) is 0. The molecule has 0 saturated heterocycles. The monoisotopic (exact) mass is 343 g/mol. The van der Waals surface area contributed by atoms with Crippen molar-refractivity contribution in [3.63, 3.8) is 0 Å². The van der Waals surface area contributed by atoms with E-state index in [1.54, 1.807) is 6.20 Å². The fraction of sp³-hybridized carbons (Fsp3) is 0.182. The first-order valence-corrected chi connectivity index (χ1v) is 8.71. The zero-order valence-corrected chi connectivity index (χ0v) is 15.1. The van der Waals surface area contributed by atoms with E-state index in [4.69, 9.17) is 0 Å². The Morgan fingerprint density at radius 3 is 2.31 bits per heavy atom. The van der Waals surface area contributed by atoms with Gasteiger partial charge in [0.25, 0.3) is 5.56 Å². The number of hydrogen-bond acceptors (Lipinski definition) is 3. The average molecular weight is 343 g/mol. The molecule has 4 nitrogen and oxygen atoms in total. The molecule has 2 heterocycles. The first kappa shape index (κ1) is 16.3. The maximum Gasteiger partial charge on any atom is 0.257 e. The van der Waals surface area contributed by atoms with E-state index >= 15 is 0 Å². The van der Waals surface area contributed by atoms with E-state index in [1.807, 2.05) is 30.3 Å². The van der Waals surface area contributed by atoms with E-state index in [9.17, 15) is 4.79 Å². The van der Waals surface area contributed by atoms with Crippen molar-refractivity contribution in [2.45, 2.75) is 26.2 Å². The Kier molecular flexibility index (Phi) is 3.76. The lowest BCUT2D eigenvalue weighted by atomic mass is 9.87. The van der Waals surface area contributed by atoms with Gasteiger partial charge in [-0.3, -0.25) is 4.79 Å². The van der Waals surface area contributed by atoms with Gasteiger partial charge in [-0.05, 0) is 35.2 Å². The van der Waals surface area contributed by atoms with Crippen LogP contribution in [0.5, 0.6) is 0 Å². The second-order valence-electron chi connectivity index (χ2n) is 7.53. The number of anilines is 2. The van der Waals surface area contributed by atoms with Gasteiger partial charge in [-0.15, -0.1) is 0 Å². The van der Waals surface area contributed by atoms with Crippen molar-refractivity contribution < 1.29 is 0 Å². The molecule has 4 aromatic rings. The van der Waals surface area contributed by atoms with Gasteiger partial charge in [0.2, 0.25) is 0 Å². The lowest BCUT2D eigenvalue weighted by Gasteiger charge is -2.19. The van der Waals surface area contributed by atoms with Crippen molar-refractivity contribution in [3.8, 4) is 0 Å². The number of pyridine rings is 2. The third-order valence-electron chi connectivity index (χ3n) is 4.65. The highest BCUT2D eigenvalue weighted by Gasteiger charge is 2.13. The molecule has 0 saturated carbocycles. The minimum Gasteiger partial charge on any atom is -0.355 e. The molecule has 4 heteroatoms. The number of benzene rings is 2. The summed E-state index contributed by atoms with van der Waals surface area (Å²) in [5, 5.41) is 5.96. The van der Waals surface area contributed by atoms with E-state index in [-0.39, 0.29) is 11.0 Å². The molecule has 0 aliphatic carbocycles. The molecule has 0 aliphatic rings. The molecule has 0 aliphatic heterocycles. The number of nitrogens with one attached hydrogen (secondary N) is 2. The Balaban J connectivity index is 1.85. The minimum atomic E-state index is -0.118. The lowest BCUT2D eigenvalue weighted by molar-refractivity contribution is 0.590. The third kappa shape index (κ3) is 2.84. The number of H-pyrrole nitrogens is 1. The van der Waals surface area contributed by atoms with E-state index in [0.29, 0.717) is 11.0 Å². The largest absolute Gasteiger partial charge is 0.355 e. The number of rotatable bonds is 2. The van der Waals surface area contributed by atoms with Crippen molar-refractivity contribution in [1.29, 1.82) is 0 Å². The maximum atomic E-state index is 12.3. The Labute approximate surface area is 151 Å². The smallest absolute Gasteiger partial charge is 0.257 e. The van der Waals surface area contributed by atoms with E-state index in [0.717, 1.165) is 22.1 Å². The number of nitrogens with zero attached hydrogens (tertiary/aromatic N) is 1. The van der Waals surface area contributed by atoms with Gasteiger partial charge in [0.05, 0.1) is 5.69 Å². The van der Waals surface area contributed by atoms with Crippen molar-refractivity contribution >= 4 is 33.2 Å². The second kappa shape index (κ2) is 5.99. The van der Waals surface area contributed by atoms with E-state index in [1.165, 1.54) is 5.56 Å². The van der Waals surface area contributed by atoms with Gasteiger partial charge >= 0.3 is 0 Å². The van der Waals surface area contributed by atoms with Crippen LogP contribution in [0.1, 0.15) is 26.3 Å². The van der Waals surface area contributed by atoms with Crippen LogP contribution in [-0.2, 0) is 5.41 Å². The summed E-state index contributed by atoms with van der Waals surface area (Å²) in [6, 6.07) is 18.0. The van der Waals surface area contributed by atoms with Gasteiger partial charge in [-0.1, -0.05) is 51.1 Å². The normalized spacial score (nSPS) is 11.8. The van der Waals surface area contributed by atoms with Crippen LogP contribution in [-0.4, -0.2) is 9.97 Å². The first-order valence-electron chi connectivity index (χ1n) is 8.71. The fourth-order valence-electron chi connectivity index (χ4n) is 3.22. The summed E-state index contributed by atoms with van der Waals surface area (Å²) < 4.78 is 0. The molecule has 26 heavy (non-hydrogen) atoms. The Morgan fingerprint density at radius 1 is 0.923 bits per heavy atom. The van der Waals surface area contributed by atoms with Crippen molar-refractivity contribution in [2.75, 3.05) is 5.32 Å². The molecule has 0 atom stereocenters. The highest BCUT2D eigenvalue weighted by molar-refractivity contribution is 6.10. The number of fused-ring (bicyclic) bond motifs is 3. The van der Waals surface area contributed by atoms with E-state index < -0.39 is 0 Å². The van der Waals surface area contributed by atoms with Crippen LogP contribution in [0.4, 0.5) is 11.4 Å².